The molecule has 1 amide bonds. The van der Waals surface area contributed by atoms with E-state index in [1.165, 1.54) is 11.3 Å². The van der Waals surface area contributed by atoms with E-state index >= 15 is 0 Å². The van der Waals surface area contributed by atoms with Crippen molar-refractivity contribution in [1.82, 2.24) is 5.32 Å². The van der Waals surface area contributed by atoms with Crippen LogP contribution in [0.1, 0.15) is 31.1 Å². The number of carbonyl (C=O) groups is 1. The molecular formula is C16H19NO2S. The molecule has 0 saturated carbocycles. The van der Waals surface area contributed by atoms with Gasteiger partial charge in [-0.25, -0.2) is 0 Å². The Morgan fingerprint density at radius 3 is 2.60 bits per heavy atom. The Morgan fingerprint density at radius 1 is 1.30 bits per heavy atom. The number of benzene rings is 1. The van der Waals surface area contributed by atoms with E-state index in [9.17, 15) is 9.90 Å². The summed E-state index contributed by atoms with van der Waals surface area (Å²) < 4.78 is 0. The maximum atomic E-state index is 12.3. The molecule has 2 N–H and O–H groups in total. The fraction of sp³-hybridized carbons (Fsp3) is 0.312. The van der Waals surface area contributed by atoms with E-state index in [-0.39, 0.29) is 12.5 Å². The molecule has 4 heteroatoms. The van der Waals surface area contributed by atoms with Crippen molar-refractivity contribution in [2.24, 2.45) is 0 Å². The highest BCUT2D eigenvalue weighted by molar-refractivity contribution is 7.07. The average molecular weight is 289 g/mol. The molecule has 1 atom stereocenters. The van der Waals surface area contributed by atoms with E-state index in [0.717, 1.165) is 11.1 Å². The molecule has 1 unspecified atom stereocenters. The van der Waals surface area contributed by atoms with Gasteiger partial charge in [0.1, 0.15) is 0 Å². The minimum absolute atomic E-state index is 0.0852. The lowest BCUT2D eigenvalue weighted by atomic mass is 9.83. The van der Waals surface area contributed by atoms with E-state index in [4.69, 9.17) is 0 Å². The highest BCUT2D eigenvalue weighted by atomic mass is 32.1. The van der Waals surface area contributed by atoms with Crippen LogP contribution in [0.15, 0.2) is 47.2 Å². The number of carbonyl (C=O) groups excluding carboxylic acids is 1. The van der Waals surface area contributed by atoms with Crippen molar-refractivity contribution in [2.75, 3.05) is 6.54 Å². The van der Waals surface area contributed by atoms with Gasteiger partial charge in [-0.05, 0) is 41.8 Å². The lowest BCUT2D eigenvalue weighted by molar-refractivity contribution is -0.126. The summed E-state index contributed by atoms with van der Waals surface area (Å²) in [4.78, 5) is 12.3. The summed E-state index contributed by atoms with van der Waals surface area (Å²) in [6.07, 6.45) is -0.656. The van der Waals surface area contributed by atoms with Gasteiger partial charge in [0.2, 0.25) is 5.91 Å². The molecule has 0 radical (unpaired) electrons. The predicted octanol–water partition coefficient (Wildman–Crippen LogP) is 2.88. The molecule has 1 heterocycles. The molecule has 0 aliphatic carbocycles. The second kappa shape index (κ2) is 6.20. The fourth-order valence-electron chi connectivity index (χ4n) is 1.98. The summed E-state index contributed by atoms with van der Waals surface area (Å²) in [6.45, 7) is 4.00. The summed E-state index contributed by atoms with van der Waals surface area (Å²) in [5.41, 5.74) is 1.19. The van der Waals surface area contributed by atoms with Crippen LogP contribution in [0.3, 0.4) is 0 Å². The third-order valence-corrected chi connectivity index (χ3v) is 4.15. The van der Waals surface area contributed by atoms with Gasteiger partial charge in [-0.2, -0.15) is 11.3 Å². The molecule has 20 heavy (non-hydrogen) atoms. The van der Waals surface area contributed by atoms with Crippen LogP contribution in [0.2, 0.25) is 0 Å². The summed E-state index contributed by atoms with van der Waals surface area (Å²) in [5, 5.41) is 16.6. The van der Waals surface area contributed by atoms with Crippen LogP contribution in [-0.4, -0.2) is 17.6 Å². The lowest BCUT2D eigenvalue weighted by Gasteiger charge is -2.25. The van der Waals surface area contributed by atoms with E-state index in [2.05, 4.69) is 5.32 Å². The van der Waals surface area contributed by atoms with Crippen LogP contribution in [0.25, 0.3) is 0 Å². The zero-order chi connectivity index (χ0) is 14.6. The second-order valence-corrected chi connectivity index (χ2v) is 6.05. The quantitative estimate of drug-likeness (QED) is 0.889. The van der Waals surface area contributed by atoms with Gasteiger partial charge in [0.25, 0.3) is 0 Å². The molecule has 2 aromatic rings. The molecular weight excluding hydrogens is 270 g/mol. The zero-order valence-electron chi connectivity index (χ0n) is 11.7. The van der Waals surface area contributed by atoms with Gasteiger partial charge < -0.3 is 10.4 Å². The average Bonchev–Trinajstić information content (AvgIpc) is 2.99. The number of nitrogens with one attached hydrogen (secondary N) is 1. The van der Waals surface area contributed by atoms with Gasteiger partial charge in [-0.3, -0.25) is 4.79 Å². The van der Waals surface area contributed by atoms with E-state index in [1.807, 2.05) is 61.0 Å². The monoisotopic (exact) mass is 289 g/mol. The maximum Gasteiger partial charge on any atom is 0.230 e. The van der Waals surface area contributed by atoms with Crippen molar-refractivity contribution >= 4 is 17.2 Å². The Hall–Kier alpha value is -1.65. The molecule has 3 nitrogen and oxygen atoms in total. The minimum atomic E-state index is -0.656. The predicted molar refractivity (Wildman–Crippen MR) is 81.8 cm³/mol. The standard InChI is InChI=1S/C16H19NO2S/c1-16(2,13-6-4-3-5-7-13)15(19)17-10-14(18)12-8-9-20-11-12/h3-9,11,14,18H,10H2,1-2H3,(H,17,19). The first-order valence-corrected chi connectivity index (χ1v) is 7.50. The van der Waals surface area contributed by atoms with Crippen LogP contribution < -0.4 is 5.32 Å². The molecule has 0 fully saturated rings. The number of amides is 1. The number of hydrogen-bond acceptors (Lipinski definition) is 3. The molecule has 1 aromatic heterocycles. The maximum absolute atomic E-state index is 12.3. The minimum Gasteiger partial charge on any atom is -0.387 e. The van der Waals surface area contributed by atoms with Crippen LogP contribution in [0, 0.1) is 0 Å². The Morgan fingerprint density at radius 2 is 2.00 bits per heavy atom. The van der Waals surface area contributed by atoms with Gasteiger partial charge in [0, 0.05) is 6.54 Å². The first-order chi connectivity index (χ1) is 9.51. The zero-order valence-corrected chi connectivity index (χ0v) is 12.5. The third-order valence-electron chi connectivity index (χ3n) is 3.45. The highest BCUT2D eigenvalue weighted by Gasteiger charge is 2.29. The van der Waals surface area contributed by atoms with Crippen LogP contribution in [-0.2, 0) is 10.2 Å². The smallest absolute Gasteiger partial charge is 0.230 e. The normalized spacial score (nSPS) is 12.9. The molecule has 0 saturated heterocycles. The van der Waals surface area contributed by atoms with Gasteiger partial charge in [-0.1, -0.05) is 30.3 Å². The number of hydrogen-bond donors (Lipinski definition) is 2. The van der Waals surface area contributed by atoms with Crippen molar-refractivity contribution < 1.29 is 9.90 Å². The van der Waals surface area contributed by atoms with Crippen molar-refractivity contribution in [3.8, 4) is 0 Å². The fourth-order valence-corrected chi connectivity index (χ4v) is 2.69. The van der Waals surface area contributed by atoms with Gasteiger partial charge >= 0.3 is 0 Å². The Balaban J connectivity index is 1.98. The van der Waals surface area contributed by atoms with Crippen molar-refractivity contribution in [1.29, 1.82) is 0 Å². The summed E-state index contributed by atoms with van der Waals surface area (Å²) in [7, 11) is 0. The van der Waals surface area contributed by atoms with Crippen LogP contribution in [0.4, 0.5) is 0 Å². The number of thiophene rings is 1. The highest BCUT2D eigenvalue weighted by Crippen LogP contribution is 2.23. The van der Waals surface area contributed by atoms with E-state index < -0.39 is 11.5 Å². The number of aliphatic hydroxyl groups is 1. The van der Waals surface area contributed by atoms with Crippen molar-refractivity contribution in [3.63, 3.8) is 0 Å². The first-order valence-electron chi connectivity index (χ1n) is 6.56. The van der Waals surface area contributed by atoms with Crippen molar-refractivity contribution in [2.45, 2.75) is 25.4 Å². The molecule has 0 spiro atoms. The van der Waals surface area contributed by atoms with E-state index in [0.29, 0.717) is 0 Å². The van der Waals surface area contributed by atoms with Gasteiger partial charge in [0.15, 0.2) is 0 Å². The summed E-state index contributed by atoms with van der Waals surface area (Å²) in [6, 6.07) is 11.5. The van der Waals surface area contributed by atoms with Crippen molar-refractivity contribution in [3.05, 3.63) is 58.3 Å². The molecule has 1 aromatic carbocycles. The molecule has 2 rings (SSSR count). The van der Waals surface area contributed by atoms with Gasteiger partial charge in [0.05, 0.1) is 11.5 Å². The first kappa shape index (κ1) is 14.8. The summed E-state index contributed by atoms with van der Waals surface area (Å²) in [5.74, 6) is -0.0852. The SMILES string of the molecule is CC(C)(C(=O)NCC(O)c1ccsc1)c1ccccc1. The van der Waals surface area contributed by atoms with E-state index in [1.54, 1.807) is 0 Å². The molecule has 0 aliphatic rings. The molecule has 106 valence electrons. The van der Waals surface area contributed by atoms with Crippen LogP contribution >= 0.6 is 11.3 Å². The Labute approximate surface area is 123 Å². The Bertz CT molecular complexity index is 549. The second-order valence-electron chi connectivity index (χ2n) is 5.27. The van der Waals surface area contributed by atoms with Gasteiger partial charge in [-0.15, -0.1) is 0 Å². The molecule has 0 bridgehead atoms. The van der Waals surface area contributed by atoms with Crippen LogP contribution in [0.5, 0.6) is 0 Å². The number of aliphatic hydroxyl groups excluding tert-OH is 1. The Kier molecular flexibility index (Phi) is 4.57. The number of rotatable bonds is 5. The third kappa shape index (κ3) is 3.26. The molecule has 0 aliphatic heterocycles. The topological polar surface area (TPSA) is 49.3 Å². The largest absolute Gasteiger partial charge is 0.387 e. The summed E-state index contributed by atoms with van der Waals surface area (Å²) >= 11 is 1.53. The lowest BCUT2D eigenvalue weighted by Crippen LogP contribution is -2.41.